The summed E-state index contributed by atoms with van der Waals surface area (Å²) >= 11 is 0. The predicted molar refractivity (Wildman–Crippen MR) is 65.1 cm³/mol. The van der Waals surface area contributed by atoms with Crippen LogP contribution in [-0.4, -0.2) is 24.5 Å². The molecule has 1 amide bonds. The second-order valence-electron chi connectivity index (χ2n) is 5.72. The Kier molecular flexibility index (Phi) is 3.85. The molecule has 0 aliphatic carbocycles. The maximum absolute atomic E-state index is 11.9. The van der Waals surface area contributed by atoms with Gasteiger partial charge >= 0.3 is 0 Å². The van der Waals surface area contributed by atoms with Gasteiger partial charge < -0.3 is 10.6 Å². The summed E-state index contributed by atoms with van der Waals surface area (Å²) in [6.07, 6.45) is 5.82. The molecule has 0 radical (unpaired) electrons. The van der Waals surface area contributed by atoms with Crippen molar-refractivity contribution in [3.8, 4) is 0 Å². The number of hydrogen-bond donors (Lipinski definition) is 2. The maximum atomic E-state index is 11.9. The van der Waals surface area contributed by atoms with Crippen molar-refractivity contribution in [3.05, 3.63) is 0 Å². The first-order valence-corrected chi connectivity index (χ1v) is 6.70. The normalized spacial score (nSPS) is 32.3. The van der Waals surface area contributed by atoms with Crippen LogP contribution in [0.4, 0.5) is 0 Å². The summed E-state index contributed by atoms with van der Waals surface area (Å²) in [5.74, 6) is 1.27. The van der Waals surface area contributed by atoms with Crippen LogP contribution in [0.3, 0.4) is 0 Å². The fraction of sp³-hybridized carbons (Fsp3) is 0.923. The Balaban J connectivity index is 1.65. The number of nitrogens with one attached hydrogen (secondary N) is 2. The van der Waals surface area contributed by atoms with Gasteiger partial charge in [-0.3, -0.25) is 4.79 Å². The number of amides is 1. The van der Waals surface area contributed by atoms with Gasteiger partial charge in [-0.05, 0) is 38.0 Å². The van der Waals surface area contributed by atoms with E-state index in [9.17, 15) is 4.79 Å². The van der Waals surface area contributed by atoms with Gasteiger partial charge in [-0.25, -0.2) is 0 Å². The number of carbonyl (C=O) groups excluding carboxylic acids is 1. The van der Waals surface area contributed by atoms with Gasteiger partial charge in [-0.1, -0.05) is 13.8 Å². The van der Waals surface area contributed by atoms with E-state index in [-0.39, 0.29) is 11.8 Å². The Morgan fingerprint density at radius 3 is 2.81 bits per heavy atom. The number of fused-ring (bicyclic) bond motifs is 2. The highest BCUT2D eigenvalue weighted by Crippen LogP contribution is 2.33. The second kappa shape index (κ2) is 5.17. The minimum atomic E-state index is 0.248. The summed E-state index contributed by atoms with van der Waals surface area (Å²) in [7, 11) is 0. The van der Waals surface area contributed by atoms with Gasteiger partial charge in [0.15, 0.2) is 0 Å². The molecule has 0 aromatic rings. The van der Waals surface area contributed by atoms with Crippen LogP contribution in [-0.2, 0) is 4.79 Å². The van der Waals surface area contributed by atoms with E-state index in [1.165, 1.54) is 19.3 Å². The Labute approximate surface area is 98.4 Å². The van der Waals surface area contributed by atoms with E-state index in [1.807, 2.05) is 0 Å². The molecule has 2 N–H and O–H groups in total. The van der Waals surface area contributed by atoms with Gasteiger partial charge in [-0.2, -0.15) is 0 Å². The molecule has 3 unspecified atom stereocenters. The van der Waals surface area contributed by atoms with Crippen LogP contribution in [0.25, 0.3) is 0 Å². The molecule has 2 aliphatic heterocycles. The monoisotopic (exact) mass is 224 g/mol. The van der Waals surface area contributed by atoms with Gasteiger partial charge in [0.05, 0.1) is 5.92 Å². The molecule has 3 atom stereocenters. The van der Waals surface area contributed by atoms with Gasteiger partial charge in [0.2, 0.25) is 5.91 Å². The van der Waals surface area contributed by atoms with E-state index in [0.717, 1.165) is 25.3 Å². The Bertz CT molecular complexity index is 252. The number of rotatable bonds is 5. The van der Waals surface area contributed by atoms with Crippen molar-refractivity contribution in [2.24, 2.45) is 11.8 Å². The average molecular weight is 224 g/mol. The van der Waals surface area contributed by atoms with Crippen LogP contribution < -0.4 is 10.6 Å². The summed E-state index contributed by atoms with van der Waals surface area (Å²) < 4.78 is 0. The summed E-state index contributed by atoms with van der Waals surface area (Å²) in [6.45, 7) is 5.30. The maximum Gasteiger partial charge on any atom is 0.224 e. The smallest absolute Gasteiger partial charge is 0.224 e. The molecule has 3 nitrogen and oxygen atoms in total. The van der Waals surface area contributed by atoms with Crippen molar-refractivity contribution in [1.82, 2.24) is 10.6 Å². The average Bonchev–Trinajstić information content (AvgIpc) is 2.85. The third-order valence-corrected chi connectivity index (χ3v) is 3.89. The number of hydrogen-bond acceptors (Lipinski definition) is 2. The molecule has 16 heavy (non-hydrogen) atoms. The van der Waals surface area contributed by atoms with Gasteiger partial charge in [-0.15, -0.1) is 0 Å². The third kappa shape index (κ3) is 2.76. The predicted octanol–water partition coefficient (Wildman–Crippen LogP) is 1.68. The van der Waals surface area contributed by atoms with Crippen molar-refractivity contribution < 1.29 is 4.79 Å². The number of carbonyl (C=O) groups is 1. The quantitative estimate of drug-likeness (QED) is 0.698. The first-order valence-electron chi connectivity index (χ1n) is 6.70. The fourth-order valence-electron chi connectivity index (χ4n) is 2.97. The summed E-state index contributed by atoms with van der Waals surface area (Å²) in [4.78, 5) is 11.9. The first-order chi connectivity index (χ1) is 7.66. The van der Waals surface area contributed by atoms with Crippen molar-refractivity contribution in [2.75, 3.05) is 6.54 Å². The van der Waals surface area contributed by atoms with Crippen molar-refractivity contribution in [2.45, 2.75) is 58.0 Å². The molecule has 0 saturated carbocycles. The van der Waals surface area contributed by atoms with E-state index in [4.69, 9.17) is 0 Å². The van der Waals surface area contributed by atoms with E-state index in [1.54, 1.807) is 0 Å². The molecule has 2 aliphatic rings. The zero-order valence-corrected chi connectivity index (χ0v) is 10.5. The van der Waals surface area contributed by atoms with Crippen molar-refractivity contribution in [1.29, 1.82) is 0 Å². The molecule has 2 fully saturated rings. The molecule has 0 spiro atoms. The molecule has 2 heterocycles. The second-order valence-corrected chi connectivity index (χ2v) is 5.72. The lowest BCUT2D eigenvalue weighted by molar-refractivity contribution is -0.125. The molecule has 92 valence electrons. The summed E-state index contributed by atoms with van der Waals surface area (Å²) in [6, 6.07) is 1.09. The molecular formula is C13H24N2O. The minimum Gasteiger partial charge on any atom is -0.356 e. The van der Waals surface area contributed by atoms with Crippen LogP contribution in [0.2, 0.25) is 0 Å². The highest BCUT2D eigenvalue weighted by Gasteiger charge is 2.42. The zero-order chi connectivity index (χ0) is 11.5. The molecule has 2 saturated heterocycles. The highest BCUT2D eigenvalue weighted by molar-refractivity contribution is 5.80. The lowest BCUT2D eigenvalue weighted by atomic mass is 9.88. The Hall–Kier alpha value is -0.570. The van der Waals surface area contributed by atoms with E-state index < -0.39 is 0 Å². The van der Waals surface area contributed by atoms with Gasteiger partial charge in [0, 0.05) is 18.6 Å². The highest BCUT2D eigenvalue weighted by atomic mass is 16.1. The van der Waals surface area contributed by atoms with E-state index >= 15 is 0 Å². The molecule has 3 heteroatoms. The molecular weight excluding hydrogens is 200 g/mol. The zero-order valence-electron chi connectivity index (χ0n) is 10.5. The van der Waals surface area contributed by atoms with Crippen LogP contribution in [0.5, 0.6) is 0 Å². The molecule has 0 aromatic carbocycles. The summed E-state index contributed by atoms with van der Waals surface area (Å²) in [5, 5.41) is 6.59. The van der Waals surface area contributed by atoms with Crippen molar-refractivity contribution >= 4 is 5.91 Å². The van der Waals surface area contributed by atoms with Crippen LogP contribution in [0.1, 0.15) is 46.0 Å². The van der Waals surface area contributed by atoms with E-state index in [2.05, 4.69) is 24.5 Å². The van der Waals surface area contributed by atoms with Crippen LogP contribution in [0, 0.1) is 11.8 Å². The van der Waals surface area contributed by atoms with Gasteiger partial charge in [0.25, 0.3) is 0 Å². The molecule has 2 rings (SSSR count). The largest absolute Gasteiger partial charge is 0.356 e. The Morgan fingerprint density at radius 1 is 1.44 bits per heavy atom. The summed E-state index contributed by atoms with van der Waals surface area (Å²) in [5.41, 5.74) is 0. The lowest BCUT2D eigenvalue weighted by Crippen LogP contribution is -2.37. The fourth-order valence-corrected chi connectivity index (χ4v) is 2.97. The first kappa shape index (κ1) is 11.9. The van der Waals surface area contributed by atoms with Gasteiger partial charge in [0.1, 0.15) is 0 Å². The lowest BCUT2D eigenvalue weighted by Gasteiger charge is -2.19. The molecule has 0 aromatic heterocycles. The Morgan fingerprint density at radius 2 is 2.25 bits per heavy atom. The van der Waals surface area contributed by atoms with Crippen LogP contribution >= 0.6 is 0 Å². The standard InChI is InChI=1S/C13H24N2O/c1-9(2)4-3-7-14-13(16)11-8-10-5-6-12(11)15-10/h9-12,15H,3-8H2,1-2H3,(H,14,16). The topological polar surface area (TPSA) is 41.1 Å². The van der Waals surface area contributed by atoms with Crippen molar-refractivity contribution in [3.63, 3.8) is 0 Å². The minimum absolute atomic E-state index is 0.248. The van der Waals surface area contributed by atoms with E-state index in [0.29, 0.717) is 12.1 Å². The van der Waals surface area contributed by atoms with Crippen LogP contribution in [0.15, 0.2) is 0 Å². The molecule has 2 bridgehead atoms. The third-order valence-electron chi connectivity index (χ3n) is 3.89. The SMILES string of the molecule is CC(C)CCCNC(=O)C1CC2CCC1N2.